The van der Waals surface area contributed by atoms with E-state index >= 15 is 0 Å². The van der Waals surface area contributed by atoms with Crippen LogP contribution in [-0.2, 0) is 0 Å². The normalized spacial score (nSPS) is 10.1. The predicted octanol–water partition coefficient (Wildman–Crippen LogP) is 0.579. The molecular formula is C10H10N4O2. The molecule has 1 amide bonds. The number of amides is 1. The van der Waals surface area contributed by atoms with Crippen molar-refractivity contribution in [1.29, 1.82) is 0 Å². The maximum absolute atomic E-state index is 10.9. The van der Waals surface area contributed by atoms with Crippen LogP contribution in [0.5, 0.6) is 5.75 Å². The highest BCUT2D eigenvalue weighted by Gasteiger charge is 2.11. The fourth-order valence-corrected chi connectivity index (χ4v) is 1.34. The third-order valence-electron chi connectivity index (χ3n) is 2.12. The number of H-pyrrole nitrogens is 1. The number of methoxy groups -OCH3 is 1. The number of aromatic nitrogens is 3. The van der Waals surface area contributed by atoms with Crippen LogP contribution >= 0.6 is 0 Å². The Bertz CT molecular complexity index is 521. The van der Waals surface area contributed by atoms with Crippen molar-refractivity contribution in [2.75, 3.05) is 7.11 Å². The van der Waals surface area contributed by atoms with Crippen molar-refractivity contribution in [2.45, 2.75) is 0 Å². The number of carbonyl (C=O) groups is 1. The first-order valence-corrected chi connectivity index (χ1v) is 4.56. The van der Waals surface area contributed by atoms with Crippen LogP contribution in [0.2, 0.25) is 0 Å². The molecule has 0 spiro atoms. The van der Waals surface area contributed by atoms with E-state index in [4.69, 9.17) is 10.5 Å². The van der Waals surface area contributed by atoms with Gasteiger partial charge in [0.25, 0.3) is 5.91 Å². The zero-order valence-electron chi connectivity index (χ0n) is 8.60. The highest BCUT2D eigenvalue weighted by Crippen LogP contribution is 2.27. The molecule has 0 aliphatic rings. The van der Waals surface area contributed by atoms with Crippen molar-refractivity contribution in [3.05, 3.63) is 30.2 Å². The van der Waals surface area contributed by atoms with Crippen LogP contribution in [0, 0.1) is 0 Å². The van der Waals surface area contributed by atoms with Gasteiger partial charge in [0.15, 0.2) is 0 Å². The lowest BCUT2D eigenvalue weighted by Crippen LogP contribution is -2.10. The molecule has 2 aromatic heterocycles. The maximum Gasteiger partial charge on any atom is 0.266 e. The quantitative estimate of drug-likeness (QED) is 0.787. The molecule has 0 aliphatic carbocycles. The van der Waals surface area contributed by atoms with Crippen LogP contribution in [0.15, 0.2) is 24.5 Å². The Balaban J connectivity index is 2.46. The van der Waals surface area contributed by atoms with Crippen LogP contribution in [-0.4, -0.2) is 28.2 Å². The summed E-state index contributed by atoms with van der Waals surface area (Å²) in [6, 6.07) is 3.27. The number of ether oxygens (including phenoxy) is 1. The van der Waals surface area contributed by atoms with Gasteiger partial charge in [-0.2, -0.15) is 5.10 Å². The van der Waals surface area contributed by atoms with E-state index in [1.54, 1.807) is 31.6 Å². The number of nitrogens with one attached hydrogen (secondary N) is 1. The largest absolute Gasteiger partial charge is 0.496 e. The summed E-state index contributed by atoms with van der Waals surface area (Å²) in [6.45, 7) is 0. The first kappa shape index (κ1) is 10.2. The summed E-state index contributed by atoms with van der Waals surface area (Å²) in [6.07, 6.45) is 3.23. The van der Waals surface area contributed by atoms with Crippen molar-refractivity contribution in [3.63, 3.8) is 0 Å². The number of rotatable bonds is 3. The molecule has 0 aromatic carbocycles. The molecule has 6 heteroatoms. The van der Waals surface area contributed by atoms with Crippen LogP contribution in [0.1, 0.15) is 10.5 Å². The van der Waals surface area contributed by atoms with E-state index in [9.17, 15) is 4.79 Å². The maximum atomic E-state index is 10.9. The van der Waals surface area contributed by atoms with Gasteiger partial charge in [0, 0.05) is 12.4 Å². The van der Waals surface area contributed by atoms with Crippen LogP contribution in [0.3, 0.4) is 0 Å². The summed E-state index contributed by atoms with van der Waals surface area (Å²) in [5, 5.41) is 6.52. The standard InChI is InChI=1S/C10H10N4O2/c1-16-9-2-3-12-5-6(9)7-4-8(10(11)15)14-13-7/h2-5H,1H3,(H2,11,15)(H,13,14). The average Bonchev–Trinajstić information content (AvgIpc) is 2.78. The van der Waals surface area contributed by atoms with Gasteiger partial charge in [-0.3, -0.25) is 14.9 Å². The zero-order valence-corrected chi connectivity index (χ0v) is 8.60. The van der Waals surface area contributed by atoms with E-state index in [1.807, 2.05) is 0 Å². The average molecular weight is 218 g/mol. The monoisotopic (exact) mass is 218 g/mol. The molecule has 0 radical (unpaired) electrons. The number of hydrogen-bond donors (Lipinski definition) is 2. The molecule has 0 aliphatic heterocycles. The topological polar surface area (TPSA) is 93.9 Å². The highest BCUT2D eigenvalue weighted by molar-refractivity contribution is 5.92. The van der Waals surface area contributed by atoms with Crippen molar-refractivity contribution in [1.82, 2.24) is 15.2 Å². The second kappa shape index (κ2) is 4.01. The Hall–Kier alpha value is -2.37. The smallest absolute Gasteiger partial charge is 0.266 e. The Labute approximate surface area is 91.5 Å². The first-order valence-electron chi connectivity index (χ1n) is 4.56. The SMILES string of the molecule is COc1ccncc1-c1cc(C(N)=O)[nH]n1. The molecule has 0 atom stereocenters. The second-order valence-corrected chi connectivity index (χ2v) is 3.11. The van der Waals surface area contributed by atoms with Crippen LogP contribution in [0.4, 0.5) is 0 Å². The summed E-state index contributed by atoms with van der Waals surface area (Å²) in [5.41, 5.74) is 6.64. The molecule has 6 nitrogen and oxygen atoms in total. The van der Waals surface area contributed by atoms with Gasteiger partial charge in [-0.05, 0) is 12.1 Å². The minimum atomic E-state index is -0.554. The lowest BCUT2D eigenvalue weighted by atomic mass is 10.2. The number of aromatic amines is 1. The highest BCUT2D eigenvalue weighted by atomic mass is 16.5. The molecule has 16 heavy (non-hydrogen) atoms. The second-order valence-electron chi connectivity index (χ2n) is 3.11. The Morgan fingerprint density at radius 1 is 1.56 bits per heavy atom. The van der Waals surface area contributed by atoms with Gasteiger partial charge in [0.1, 0.15) is 11.4 Å². The third kappa shape index (κ3) is 1.72. The van der Waals surface area contributed by atoms with Gasteiger partial charge >= 0.3 is 0 Å². The Morgan fingerprint density at radius 3 is 3.00 bits per heavy atom. The van der Waals surface area contributed by atoms with Crippen molar-refractivity contribution >= 4 is 5.91 Å². The van der Waals surface area contributed by atoms with Crippen molar-refractivity contribution < 1.29 is 9.53 Å². The van der Waals surface area contributed by atoms with Crippen molar-refractivity contribution in [2.24, 2.45) is 5.73 Å². The van der Waals surface area contributed by atoms with Gasteiger partial charge in [0.05, 0.1) is 18.4 Å². The third-order valence-corrected chi connectivity index (χ3v) is 2.12. The summed E-state index contributed by atoms with van der Waals surface area (Å²) < 4.78 is 5.16. The molecule has 0 saturated heterocycles. The minimum absolute atomic E-state index is 0.251. The molecule has 3 N–H and O–H groups in total. The first-order chi connectivity index (χ1) is 7.72. The van der Waals surface area contributed by atoms with E-state index in [-0.39, 0.29) is 5.69 Å². The summed E-state index contributed by atoms with van der Waals surface area (Å²) in [5.74, 6) is 0.0825. The number of nitrogens with zero attached hydrogens (tertiary/aromatic N) is 2. The number of pyridine rings is 1. The molecule has 0 saturated carbocycles. The summed E-state index contributed by atoms with van der Waals surface area (Å²) >= 11 is 0. The summed E-state index contributed by atoms with van der Waals surface area (Å²) in [7, 11) is 1.56. The lowest BCUT2D eigenvalue weighted by Gasteiger charge is -2.03. The van der Waals surface area contributed by atoms with Gasteiger partial charge < -0.3 is 10.5 Å². The van der Waals surface area contributed by atoms with Gasteiger partial charge in [-0.1, -0.05) is 0 Å². The molecule has 2 rings (SSSR count). The fraction of sp³-hybridized carbons (Fsp3) is 0.100. The van der Waals surface area contributed by atoms with E-state index in [0.29, 0.717) is 17.0 Å². The van der Waals surface area contributed by atoms with Gasteiger partial charge in [-0.15, -0.1) is 0 Å². The van der Waals surface area contributed by atoms with E-state index in [2.05, 4.69) is 15.2 Å². The van der Waals surface area contributed by atoms with E-state index in [1.165, 1.54) is 0 Å². The molecular weight excluding hydrogens is 208 g/mol. The van der Waals surface area contributed by atoms with Crippen LogP contribution < -0.4 is 10.5 Å². The molecule has 2 heterocycles. The Kier molecular flexibility index (Phi) is 2.55. The molecule has 0 unspecified atom stereocenters. The number of nitrogens with two attached hydrogens (primary N) is 1. The Morgan fingerprint density at radius 2 is 2.38 bits per heavy atom. The van der Waals surface area contributed by atoms with E-state index in [0.717, 1.165) is 0 Å². The fourth-order valence-electron chi connectivity index (χ4n) is 1.34. The number of carbonyl (C=O) groups excluding carboxylic acids is 1. The van der Waals surface area contributed by atoms with Gasteiger partial charge in [-0.25, -0.2) is 0 Å². The molecule has 2 aromatic rings. The summed E-state index contributed by atoms with van der Waals surface area (Å²) in [4.78, 5) is 14.9. The molecule has 0 fully saturated rings. The zero-order chi connectivity index (χ0) is 11.5. The predicted molar refractivity (Wildman–Crippen MR) is 56.9 cm³/mol. The number of primary amides is 1. The lowest BCUT2D eigenvalue weighted by molar-refractivity contribution is 0.0995. The minimum Gasteiger partial charge on any atom is -0.496 e. The van der Waals surface area contributed by atoms with Gasteiger partial charge in [0.2, 0.25) is 0 Å². The van der Waals surface area contributed by atoms with Crippen molar-refractivity contribution in [3.8, 4) is 17.0 Å². The number of hydrogen-bond acceptors (Lipinski definition) is 4. The molecule has 0 bridgehead atoms. The molecule has 82 valence electrons. The van der Waals surface area contributed by atoms with E-state index < -0.39 is 5.91 Å². The van der Waals surface area contributed by atoms with Crippen LogP contribution in [0.25, 0.3) is 11.3 Å².